The highest BCUT2D eigenvalue weighted by Gasteiger charge is 2.10. The van der Waals surface area contributed by atoms with Gasteiger partial charge in [0.25, 0.3) is 0 Å². The van der Waals surface area contributed by atoms with E-state index in [1.165, 1.54) is 0 Å². The van der Waals surface area contributed by atoms with Crippen molar-refractivity contribution in [3.05, 3.63) is 22.6 Å². The van der Waals surface area contributed by atoms with Gasteiger partial charge in [-0.2, -0.15) is 10.2 Å². The topological polar surface area (TPSA) is 46.5 Å². The monoisotopic (exact) mass is 240 g/mol. The summed E-state index contributed by atoms with van der Waals surface area (Å²) in [6.07, 6.45) is 3.70. The molecule has 0 aromatic carbocycles. The quantitative estimate of drug-likeness (QED) is 0.828. The van der Waals surface area contributed by atoms with Crippen molar-refractivity contribution in [1.82, 2.24) is 20.0 Å². The molecular formula is C8H9BrN4. The first-order valence-corrected chi connectivity index (χ1v) is 4.67. The van der Waals surface area contributed by atoms with Crippen molar-refractivity contribution in [2.24, 2.45) is 7.05 Å². The lowest BCUT2D eigenvalue weighted by atomic mass is 10.2. The van der Waals surface area contributed by atoms with E-state index in [4.69, 9.17) is 0 Å². The van der Waals surface area contributed by atoms with Crippen molar-refractivity contribution in [1.29, 1.82) is 0 Å². The fourth-order valence-electron chi connectivity index (χ4n) is 1.31. The summed E-state index contributed by atoms with van der Waals surface area (Å²) in [6.45, 7) is 1.97. The number of hydrogen-bond acceptors (Lipinski definition) is 2. The van der Waals surface area contributed by atoms with Crippen LogP contribution in [0.1, 0.15) is 5.69 Å². The van der Waals surface area contributed by atoms with Crippen LogP contribution in [0.3, 0.4) is 0 Å². The van der Waals surface area contributed by atoms with Gasteiger partial charge >= 0.3 is 0 Å². The normalized spacial score (nSPS) is 10.7. The van der Waals surface area contributed by atoms with Gasteiger partial charge in [-0.3, -0.25) is 9.78 Å². The van der Waals surface area contributed by atoms with Crippen LogP contribution in [0.4, 0.5) is 0 Å². The lowest BCUT2D eigenvalue weighted by molar-refractivity contribution is 0.756. The third-order valence-corrected chi connectivity index (χ3v) is 2.48. The molecule has 5 heteroatoms. The summed E-state index contributed by atoms with van der Waals surface area (Å²) in [4.78, 5) is 0. The van der Waals surface area contributed by atoms with Crippen LogP contribution >= 0.6 is 15.9 Å². The minimum absolute atomic E-state index is 0.962. The van der Waals surface area contributed by atoms with Crippen LogP contribution in [-0.4, -0.2) is 20.0 Å². The lowest BCUT2D eigenvalue weighted by Crippen LogP contribution is -1.86. The number of halogens is 1. The van der Waals surface area contributed by atoms with Crippen molar-refractivity contribution in [3.8, 4) is 11.3 Å². The van der Waals surface area contributed by atoms with Crippen LogP contribution in [0.25, 0.3) is 11.3 Å². The van der Waals surface area contributed by atoms with E-state index in [1.54, 1.807) is 10.9 Å². The van der Waals surface area contributed by atoms with Crippen molar-refractivity contribution in [2.75, 3.05) is 0 Å². The molecule has 0 atom stereocenters. The summed E-state index contributed by atoms with van der Waals surface area (Å²) in [6, 6.07) is 0. The SMILES string of the molecule is Cc1nn(C)cc1-c1[nH]ncc1Br. The Morgan fingerprint density at radius 2 is 2.31 bits per heavy atom. The van der Waals surface area contributed by atoms with E-state index in [2.05, 4.69) is 31.2 Å². The van der Waals surface area contributed by atoms with Crippen LogP contribution in [0.2, 0.25) is 0 Å². The van der Waals surface area contributed by atoms with Gasteiger partial charge in [-0.1, -0.05) is 0 Å². The zero-order valence-electron chi connectivity index (χ0n) is 7.37. The number of aromatic nitrogens is 4. The van der Waals surface area contributed by atoms with E-state index < -0.39 is 0 Å². The molecule has 2 rings (SSSR count). The summed E-state index contributed by atoms with van der Waals surface area (Å²) in [5, 5.41) is 11.1. The molecule has 4 nitrogen and oxygen atoms in total. The molecule has 0 saturated carbocycles. The number of rotatable bonds is 1. The van der Waals surface area contributed by atoms with Gasteiger partial charge in [0, 0.05) is 18.8 Å². The second-order valence-corrected chi connectivity index (χ2v) is 3.75. The van der Waals surface area contributed by atoms with Gasteiger partial charge in [0.2, 0.25) is 0 Å². The summed E-state index contributed by atoms with van der Waals surface area (Å²) in [5.74, 6) is 0. The Hall–Kier alpha value is -1.10. The largest absolute Gasteiger partial charge is 0.277 e. The molecule has 0 saturated heterocycles. The van der Waals surface area contributed by atoms with Crippen LogP contribution in [0.5, 0.6) is 0 Å². The van der Waals surface area contributed by atoms with Gasteiger partial charge in [-0.15, -0.1) is 0 Å². The van der Waals surface area contributed by atoms with Crippen molar-refractivity contribution >= 4 is 15.9 Å². The van der Waals surface area contributed by atoms with Crippen LogP contribution in [-0.2, 0) is 7.05 Å². The highest BCUT2D eigenvalue weighted by molar-refractivity contribution is 9.10. The Kier molecular flexibility index (Phi) is 1.95. The minimum Gasteiger partial charge on any atom is -0.277 e. The Bertz CT molecular complexity index is 429. The molecule has 0 fully saturated rings. The molecular weight excluding hydrogens is 232 g/mol. The molecule has 0 bridgehead atoms. The summed E-state index contributed by atoms with van der Waals surface area (Å²) >= 11 is 3.42. The molecule has 2 aromatic rings. The third-order valence-electron chi connectivity index (χ3n) is 1.88. The van der Waals surface area contributed by atoms with E-state index >= 15 is 0 Å². The number of hydrogen-bond donors (Lipinski definition) is 1. The number of H-pyrrole nitrogens is 1. The molecule has 68 valence electrons. The predicted octanol–water partition coefficient (Wildman–Crippen LogP) is 1.88. The van der Waals surface area contributed by atoms with Gasteiger partial charge in [-0.25, -0.2) is 0 Å². The first-order chi connectivity index (χ1) is 6.18. The van der Waals surface area contributed by atoms with Crippen LogP contribution in [0, 0.1) is 6.92 Å². The minimum atomic E-state index is 0.962. The van der Waals surface area contributed by atoms with Gasteiger partial charge in [0.1, 0.15) is 0 Å². The standard InChI is InChI=1S/C8H9BrN4/c1-5-6(4-13(2)12-5)8-7(9)3-10-11-8/h3-4H,1-2H3,(H,10,11). The summed E-state index contributed by atoms with van der Waals surface area (Å²) in [7, 11) is 1.90. The van der Waals surface area contributed by atoms with Gasteiger partial charge < -0.3 is 0 Å². The van der Waals surface area contributed by atoms with E-state index in [9.17, 15) is 0 Å². The predicted molar refractivity (Wildman–Crippen MR) is 53.2 cm³/mol. The molecule has 0 amide bonds. The molecule has 0 aliphatic rings. The number of nitrogens with one attached hydrogen (secondary N) is 1. The number of aryl methyl sites for hydroxylation is 2. The smallest absolute Gasteiger partial charge is 0.0826 e. The van der Waals surface area contributed by atoms with Crippen LogP contribution in [0.15, 0.2) is 16.9 Å². The highest BCUT2D eigenvalue weighted by atomic mass is 79.9. The van der Waals surface area contributed by atoms with Crippen LogP contribution < -0.4 is 0 Å². The zero-order valence-corrected chi connectivity index (χ0v) is 8.96. The molecule has 0 radical (unpaired) electrons. The molecule has 2 aromatic heterocycles. The van der Waals surface area contributed by atoms with Crippen molar-refractivity contribution in [2.45, 2.75) is 6.92 Å². The molecule has 1 N–H and O–H groups in total. The van der Waals surface area contributed by atoms with Gasteiger partial charge in [-0.05, 0) is 22.9 Å². The first kappa shape index (κ1) is 8.50. The maximum absolute atomic E-state index is 4.26. The summed E-state index contributed by atoms with van der Waals surface area (Å²) < 4.78 is 2.75. The molecule has 0 aliphatic carbocycles. The molecule has 13 heavy (non-hydrogen) atoms. The van der Waals surface area contributed by atoms with Crippen molar-refractivity contribution < 1.29 is 0 Å². The van der Waals surface area contributed by atoms with E-state index in [0.29, 0.717) is 0 Å². The lowest BCUT2D eigenvalue weighted by Gasteiger charge is -1.93. The maximum atomic E-state index is 4.26. The van der Waals surface area contributed by atoms with Gasteiger partial charge in [0.05, 0.1) is 22.1 Å². The molecule has 2 heterocycles. The maximum Gasteiger partial charge on any atom is 0.0826 e. The van der Waals surface area contributed by atoms with E-state index in [-0.39, 0.29) is 0 Å². The zero-order chi connectivity index (χ0) is 9.42. The average Bonchev–Trinajstić information content (AvgIpc) is 2.58. The second-order valence-electron chi connectivity index (χ2n) is 2.89. The Morgan fingerprint density at radius 1 is 1.54 bits per heavy atom. The van der Waals surface area contributed by atoms with Gasteiger partial charge in [0.15, 0.2) is 0 Å². The second kappa shape index (κ2) is 2.99. The van der Waals surface area contributed by atoms with E-state index in [1.807, 2.05) is 20.2 Å². The first-order valence-electron chi connectivity index (χ1n) is 3.88. The Balaban J connectivity index is 2.58. The highest BCUT2D eigenvalue weighted by Crippen LogP contribution is 2.27. The van der Waals surface area contributed by atoms with E-state index in [0.717, 1.165) is 21.4 Å². The fraction of sp³-hybridized carbons (Fsp3) is 0.250. The van der Waals surface area contributed by atoms with Crippen molar-refractivity contribution in [3.63, 3.8) is 0 Å². The number of nitrogens with zero attached hydrogens (tertiary/aromatic N) is 3. The number of aromatic amines is 1. The summed E-state index contributed by atoms with van der Waals surface area (Å²) in [5.41, 5.74) is 3.05. The fourth-order valence-corrected chi connectivity index (χ4v) is 1.71. The third kappa shape index (κ3) is 1.39. The Labute approximate surface area is 84.1 Å². The Morgan fingerprint density at radius 3 is 2.77 bits per heavy atom. The average molecular weight is 241 g/mol. The molecule has 0 aliphatic heterocycles. The molecule has 0 spiro atoms. The molecule has 0 unspecified atom stereocenters.